The maximum Gasteiger partial charge on any atom is 0.416 e. The first-order chi connectivity index (χ1) is 20.0. The second-order valence-electron chi connectivity index (χ2n) is 9.09. The van der Waals surface area contributed by atoms with E-state index in [2.05, 4.69) is 10.4 Å². The van der Waals surface area contributed by atoms with Crippen molar-refractivity contribution in [3.05, 3.63) is 118 Å². The van der Waals surface area contributed by atoms with Crippen molar-refractivity contribution < 1.29 is 27.7 Å². The van der Waals surface area contributed by atoms with E-state index < -0.39 is 28.6 Å². The zero-order valence-corrected chi connectivity index (χ0v) is 23.2. The summed E-state index contributed by atoms with van der Waals surface area (Å²) < 4.78 is 40.7. The van der Waals surface area contributed by atoms with Crippen LogP contribution in [0.3, 0.4) is 0 Å². The standard InChI is InChI=1S/C24H25F3N4O2.C6H5NO2/c1-4-20(29-21(32)17-10-9-11-18(14-17)24(25,26)27)23(33)30(5-2)22-16(3)15-28-31(22)19-12-7-6-8-13-19;8-7(9)6-4-2-1-3-5-6/h6-15,20H,4-5H2,1-3H3,(H,29,32);1-5H. The highest BCUT2D eigenvalue weighted by molar-refractivity contribution is 6.02. The molecule has 3 aromatic carbocycles. The van der Waals surface area contributed by atoms with Crippen molar-refractivity contribution in [2.45, 2.75) is 39.4 Å². The van der Waals surface area contributed by atoms with Crippen LogP contribution in [0.5, 0.6) is 0 Å². The van der Waals surface area contributed by atoms with Gasteiger partial charge in [0.1, 0.15) is 11.9 Å². The van der Waals surface area contributed by atoms with Crippen LogP contribution >= 0.6 is 0 Å². The van der Waals surface area contributed by atoms with Crippen LogP contribution in [0.4, 0.5) is 24.7 Å². The topological polar surface area (TPSA) is 110 Å². The van der Waals surface area contributed by atoms with Crippen molar-refractivity contribution >= 4 is 23.3 Å². The normalized spacial score (nSPS) is 11.6. The SMILES string of the molecule is CCC(NC(=O)c1cccc(C(F)(F)F)c1)C(=O)N(CC)c1c(C)cnn1-c1ccccc1.O=[N+]([O-])c1ccccc1. The van der Waals surface area contributed by atoms with E-state index in [0.717, 1.165) is 23.4 Å². The highest BCUT2D eigenvalue weighted by Gasteiger charge is 2.32. The molecule has 0 aliphatic carbocycles. The van der Waals surface area contributed by atoms with Crippen LogP contribution in [0.15, 0.2) is 91.1 Å². The largest absolute Gasteiger partial charge is 0.416 e. The summed E-state index contributed by atoms with van der Waals surface area (Å²) >= 11 is 0. The van der Waals surface area contributed by atoms with Crippen LogP contribution in [0.2, 0.25) is 0 Å². The van der Waals surface area contributed by atoms with Crippen LogP contribution < -0.4 is 10.2 Å². The molecular weight excluding hydrogens is 551 g/mol. The summed E-state index contributed by atoms with van der Waals surface area (Å²) in [7, 11) is 0. The first-order valence-electron chi connectivity index (χ1n) is 13.1. The molecule has 0 bridgehead atoms. The monoisotopic (exact) mass is 581 g/mol. The quantitative estimate of drug-likeness (QED) is 0.192. The number of para-hydroxylation sites is 2. The summed E-state index contributed by atoms with van der Waals surface area (Å²) in [4.78, 5) is 37.2. The molecule has 0 spiro atoms. The van der Waals surface area contributed by atoms with Gasteiger partial charge >= 0.3 is 6.18 Å². The van der Waals surface area contributed by atoms with Crippen molar-refractivity contribution in [1.29, 1.82) is 0 Å². The number of likely N-dealkylation sites (N-methyl/N-ethyl adjacent to an activating group) is 1. The van der Waals surface area contributed by atoms with E-state index in [9.17, 15) is 32.9 Å². The molecule has 1 heterocycles. The number of carbonyl (C=O) groups is 2. The highest BCUT2D eigenvalue weighted by Crippen LogP contribution is 2.30. The van der Waals surface area contributed by atoms with Gasteiger partial charge < -0.3 is 5.32 Å². The Morgan fingerprint density at radius 3 is 2.14 bits per heavy atom. The number of hydrogen-bond donors (Lipinski definition) is 1. The molecule has 220 valence electrons. The molecule has 1 aromatic heterocycles. The van der Waals surface area contributed by atoms with Gasteiger partial charge in [-0.05, 0) is 50.6 Å². The van der Waals surface area contributed by atoms with Crippen molar-refractivity contribution in [3.8, 4) is 5.69 Å². The summed E-state index contributed by atoms with van der Waals surface area (Å²) in [5.74, 6) is -0.549. The molecule has 0 aliphatic heterocycles. The smallest absolute Gasteiger partial charge is 0.340 e. The van der Waals surface area contributed by atoms with E-state index in [-0.39, 0.29) is 23.6 Å². The Kier molecular flexibility index (Phi) is 10.6. The Labute approximate surface area is 240 Å². The number of benzene rings is 3. The van der Waals surface area contributed by atoms with Gasteiger partial charge in [-0.15, -0.1) is 0 Å². The van der Waals surface area contributed by atoms with E-state index in [0.29, 0.717) is 12.4 Å². The van der Waals surface area contributed by atoms with Crippen LogP contribution in [0, 0.1) is 17.0 Å². The molecular formula is C30H30F3N5O4. The summed E-state index contributed by atoms with van der Waals surface area (Å²) in [6.07, 6.45) is -2.65. The molecule has 1 atom stereocenters. The van der Waals surface area contributed by atoms with E-state index >= 15 is 0 Å². The third-order valence-corrected chi connectivity index (χ3v) is 6.19. The number of aromatic nitrogens is 2. The number of non-ortho nitro benzene ring substituents is 1. The van der Waals surface area contributed by atoms with Gasteiger partial charge in [-0.1, -0.05) is 49.4 Å². The fraction of sp³-hybridized carbons (Fsp3) is 0.233. The summed E-state index contributed by atoms with van der Waals surface area (Å²) in [5.41, 5.74) is 0.593. The Morgan fingerprint density at radius 1 is 1.00 bits per heavy atom. The minimum atomic E-state index is -4.57. The lowest BCUT2D eigenvalue weighted by Gasteiger charge is -2.27. The molecule has 2 amide bonds. The molecule has 0 fully saturated rings. The second kappa shape index (κ2) is 14.1. The molecule has 0 aliphatic rings. The Morgan fingerprint density at radius 2 is 1.62 bits per heavy atom. The maximum atomic E-state index is 13.4. The third-order valence-electron chi connectivity index (χ3n) is 6.19. The minimum absolute atomic E-state index is 0.137. The van der Waals surface area contributed by atoms with Crippen LogP contribution in [-0.2, 0) is 11.0 Å². The first kappa shape index (κ1) is 31.5. The van der Waals surface area contributed by atoms with Crippen molar-refractivity contribution in [1.82, 2.24) is 15.1 Å². The van der Waals surface area contributed by atoms with E-state index in [1.807, 2.05) is 37.3 Å². The average molecular weight is 582 g/mol. The number of aryl methyl sites for hydroxylation is 1. The number of rotatable bonds is 8. The number of nitrogens with zero attached hydrogens (tertiary/aromatic N) is 4. The number of nitro benzene ring substituents is 1. The Hall–Kier alpha value is -5.00. The van der Waals surface area contributed by atoms with Crippen molar-refractivity contribution in [2.75, 3.05) is 11.4 Å². The lowest BCUT2D eigenvalue weighted by molar-refractivity contribution is -0.384. The zero-order valence-electron chi connectivity index (χ0n) is 23.2. The fourth-order valence-corrected chi connectivity index (χ4v) is 4.07. The van der Waals surface area contributed by atoms with Crippen molar-refractivity contribution in [3.63, 3.8) is 0 Å². The van der Waals surface area contributed by atoms with Gasteiger partial charge in [0.2, 0.25) is 0 Å². The number of nitro groups is 1. The molecule has 0 saturated carbocycles. The van der Waals surface area contributed by atoms with Gasteiger partial charge in [0.05, 0.1) is 22.4 Å². The third kappa shape index (κ3) is 7.80. The minimum Gasteiger partial charge on any atom is -0.340 e. The molecule has 0 radical (unpaired) electrons. The molecule has 42 heavy (non-hydrogen) atoms. The summed E-state index contributed by atoms with van der Waals surface area (Å²) in [6, 6.07) is 20.4. The molecule has 9 nitrogen and oxygen atoms in total. The van der Waals surface area contributed by atoms with Crippen molar-refractivity contribution in [2.24, 2.45) is 0 Å². The average Bonchev–Trinajstić information content (AvgIpc) is 3.37. The predicted octanol–water partition coefficient (Wildman–Crippen LogP) is 6.36. The number of carbonyl (C=O) groups excluding carboxylic acids is 2. The summed E-state index contributed by atoms with van der Waals surface area (Å²) in [5, 5.41) is 17.0. The maximum absolute atomic E-state index is 13.4. The lowest BCUT2D eigenvalue weighted by atomic mass is 10.1. The van der Waals surface area contributed by atoms with Gasteiger partial charge in [0.15, 0.2) is 0 Å². The Bertz CT molecular complexity index is 1510. The molecule has 12 heteroatoms. The van der Waals surface area contributed by atoms with Gasteiger partial charge in [0, 0.05) is 29.8 Å². The van der Waals surface area contributed by atoms with Gasteiger partial charge in [-0.2, -0.15) is 18.3 Å². The Balaban J connectivity index is 0.000000458. The number of nitrogens with one attached hydrogen (secondary N) is 1. The first-order valence-corrected chi connectivity index (χ1v) is 13.1. The fourth-order valence-electron chi connectivity index (χ4n) is 4.07. The number of alkyl halides is 3. The van der Waals surface area contributed by atoms with Gasteiger partial charge in [-0.3, -0.25) is 24.6 Å². The van der Waals surface area contributed by atoms with Crippen LogP contribution in [-0.4, -0.2) is 39.1 Å². The molecule has 4 aromatic rings. The molecule has 1 unspecified atom stereocenters. The van der Waals surface area contributed by atoms with E-state index in [1.54, 1.807) is 42.9 Å². The van der Waals surface area contributed by atoms with E-state index in [1.165, 1.54) is 29.2 Å². The van der Waals surface area contributed by atoms with Crippen LogP contribution in [0.1, 0.15) is 41.8 Å². The van der Waals surface area contributed by atoms with Gasteiger partial charge in [-0.25, -0.2) is 4.68 Å². The number of amides is 2. The summed E-state index contributed by atoms with van der Waals surface area (Å²) in [6.45, 7) is 5.68. The zero-order chi connectivity index (χ0) is 30.9. The number of anilines is 1. The highest BCUT2D eigenvalue weighted by atomic mass is 19.4. The van der Waals surface area contributed by atoms with Crippen LogP contribution in [0.25, 0.3) is 5.69 Å². The number of halogens is 3. The van der Waals surface area contributed by atoms with Gasteiger partial charge in [0.25, 0.3) is 17.5 Å². The molecule has 0 saturated heterocycles. The predicted molar refractivity (Wildman–Crippen MR) is 152 cm³/mol. The second-order valence-corrected chi connectivity index (χ2v) is 9.09. The number of hydrogen-bond acceptors (Lipinski definition) is 5. The lowest BCUT2D eigenvalue weighted by Crippen LogP contribution is -2.49. The molecule has 1 N–H and O–H groups in total. The molecule has 4 rings (SSSR count). The van der Waals surface area contributed by atoms with E-state index in [4.69, 9.17) is 0 Å².